The van der Waals surface area contributed by atoms with Gasteiger partial charge in [-0.3, -0.25) is 4.79 Å². The summed E-state index contributed by atoms with van der Waals surface area (Å²) in [5.74, 6) is -0.118. The number of aryl methyl sites for hydroxylation is 1. The van der Waals surface area contributed by atoms with Crippen LogP contribution in [0.5, 0.6) is 5.75 Å². The first-order valence-electron chi connectivity index (χ1n) is 9.16. The lowest BCUT2D eigenvalue weighted by Crippen LogP contribution is -2.38. The second-order valence-corrected chi connectivity index (χ2v) is 5.86. The van der Waals surface area contributed by atoms with Crippen LogP contribution in [0.3, 0.4) is 0 Å². The molecule has 0 aliphatic carbocycles. The Bertz CT molecular complexity index is 1010. The van der Waals surface area contributed by atoms with Gasteiger partial charge in [-0.25, -0.2) is 4.79 Å². The number of hydrogen-bond donors (Lipinski definition) is 2. The molecule has 1 amide bonds. The maximum Gasteiger partial charge on any atom is 0.336 e. The van der Waals surface area contributed by atoms with E-state index in [0.717, 1.165) is 22.1 Å². The highest BCUT2D eigenvalue weighted by Crippen LogP contribution is 2.31. The third kappa shape index (κ3) is 4.58. The summed E-state index contributed by atoms with van der Waals surface area (Å²) < 4.78 is 10.8. The highest BCUT2D eigenvalue weighted by molar-refractivity contribution is 5.94. The third-order valence-corrected chi connectivity index (χ3v) is 4.13. The Kier molecular flexibility index (Phi) is 7.35. The molecule has 6 nitrogen and oxygen atoms in total. The molecule has 0 saturated carbocycles. The summed E-state index contributed by atoms with van der Waals surface area (Å²) in [5, 5.41) is 12.5. The number of likely N-dealkylation sites (N-methyl/N-ethyl adjacent to an activating group) is 1. The van der Waals surface area contributed by atoms with E-state index in [0.29, 0.717) is 11.3 Å². The van der Waals surface area contributed by atoms with Crippen LogP contribution in [0.2, 0.25) is 0 Å². The van der Waals surface area contributed by atoms with Crippen LogP contribution in [0.1, 0.15) is 19.4 Å². The van der Waals surface area contributed by atoms with E-state index in [1.807, 2.05) is 45.0 Å². The number of carbonyl (C=O) groups is 1. The summed E-state index contributed by atoms with van der Waals surface area (Å²) in [5.41, 5.74) is 2.63. The van der Waals surface area contributed by atoms with Gasteiger partial charge in [0.1, 0.15) is 11.3 Å². The van der Waals surface area contributed by atoms with Crippen molar-refractivity contribution in [2.45, 2.75) is 26.9 Å². The average molecular weight is 383 g/mol. The molecule has 3 aromatic rings. The second kappa shape index (κ2) is 9.71. The van der Waals surface area contributed by atoms with Crippen molar-refractivity contribution in [2.24, 2.45) is 0 Å². The molecular weight excluding hydrogens is 358 g/mol. The number of ether oxygens (including phenoxy) is 1. The minimum Gasteiger partial charge on any atom is -0.478 e. The van der Waals surface area contributed by atoms with Crippen molar-refractivity contribution in [3.05, 3.63) is 64.5 Å². The minimum atomic E-state index is -1.04. The van der Waals surface area contributed by atoms with Gasteiger partial charge in [-0.1, -0.05) is 38.1 Å². The van der Waals surface area contributed by atoms with Crippen LogP contribution in [0, 0.1) is 6.92 Å². The molecule has 2 aromatic carbocycles. The highest BCUT2D eigenvalue weighted by atomic mass is 16.5. The third-order valence-electron chi connectivity index (χ3n) is 4.13. The Morgan fingerprint density at radius 2 is 1.86 bits per heavy atom. The van der Waals surface area contributed by atoms with Crippen molar-refractivity contribution in [1.82, 2.24) is 5.32 Å². The Morgan fingerprint density at radius 1 is 1.14 bits per heavy atom. The lowest BCUT2D eigenvalue weighted by atomic mass is 9.98. The Balaban J connectivity index is 0.00000136. The van der Waals surface area contributed by atoms with Gasteiger partial charge in [0.25, 0.3) is 5.91 Å². The molecule has 0 radical (unpaired) electrons. The van der Waals surface area contributed by atoms with Crippen molar-refractivity contribution in [3.63, 3.8) is 0 Å². The van der Waals surface area contributed by atoms with Crippen LogP contribution < -0.4 is 15.7 Å². The molecule has 1 heterocycles. The minimum absolute atomic E-state index is 0.324. The number of hydrogen-bond acceptors (Lipinski definition) is 5. The molecule has 6 heteroatoms. The van der Waals surface area contributed by atoms with Crippen LogP contribution in [0.4, 0.5) is 0 Å². The number of aliphatic hydroxyl groups is 1. The lowest BCUT2D eigenvalue weighted by Gasteiger charge is -2.16. The fourth-order valence-corrected chi connectivity index (χ4v) is 2.81. The maximum atomic E-state index is 12.0. The molecular formula is C22H25NO5. The smallest absolute Gasteiger partial charge is 0.336 e. The van der Waals surface area contributed by atoms with Crippen molar-refractivity contribution in [2.75, 3.05) is 13.7 Å². The SMILES string of the molecule is CC.CNC(=O)C(CO)Oc1ccc2c(-c3ccccc3C)cc(=O)oc2c1. The second-order valence-electron chi connectivity index (χ2n) is 5.86. The number of benzene rings is 2. The van der Waals surface area contributed by atoms with Crippen molar-refractivity contribution in [3.8, 4) is 16.9 Å². The molecule has 0 fully saturated rings. The molecule has 28 heavy (non-hydrogen) atoms. The van der Waals surface area contributed by atoms with E-state index >= 15 is 0 Å². The molecule has 0 spiro atoms. The first-order valence-corrected chi connectivity index (χ1v) is 9.16. The van der Waals surface area contributed by atoms with Crippen LogP contribution >= 0.6 is 0 Å². The molecule has 0 aliphatic heterocycles. The highest BCUT2D eigenvalue weighted by Gasteiger charge is 2.18. The van der Waals surface area contributed by atoms with E-state index < -0.39 is 24.2 Å². The number of carbonyl (C=O) groups excluding carboxylic acids is 1. The molecule has 0 aliphatic rings. The van der Waals surface area contributed by atoms with Gasteiger partial charge < -0.3 is 19.6 Å². The van der Waals surface area contributed by atoms with Gasteiger partial charge in [-0.2, -0.15) is 0 Å². The van der Waals surface area contributed by atoms with E-state index in [1.165, 1.54) is 13.1 Å². The Labute approximate surface area is 163 Å². The number of amides is 1. The fraction of sp³-hybridized carbons (Fsp3) is 0.273. The standard InChI is InChI=1S/C20H19NO5.C2H6/c1-12-5-3-4-6-14(12)16-10-19(23)26-17-9-13(7-8-15(16)17)25-18(11-22)20(24)21-2;1-2/h3-10,18,22H,11H2,1-2H3,(H,21,24);1-2H3. The van der Waals surface area contributed by atoms with Gasteiger partial charge in [0.15, 0.2) is 6.10 Å². The monoisotopic (exact) mass is 383 g/mol. The van der Waals surface area contributed by atoms with E-state index in [4.69, 9.17) is 9.15 Å². The molecule has 3 rings (SSSR count). The summed E-state index contributed by atoms with van der Waals surface area (Å²) in [7, 11) is 1.46. The van der Waals surface area contributed by atoms with Crippen molar-refractivity contribution < 1.29 is 19.1 Å². The molecule has 0 saturated heterocycles. The Morgan fingerprint density at radius 3 is 2.50 bits per heavy atom. The van der Waals surface area contributed by atoms with Gasteiger partial charge in [-0.15, -0.1) is 0 Å². The first-order chi connectivity index (χ1) is 13.5. The van der Waals surface area contributed by atoms with E-state index in [9.17, 15) is 14.7 Å². The van der Waals surface area contributed by atoms with Gasteiger partial charge in [0.2, 0.25) is 0 Å². The van der Waals surface area contributed by atoms with Gasteiger partial charge in [-0.05, 0) is 30.2 Å². The summed E-state index contributed by atoms with van der Waals surface area (Å²) >= 11 is 0. The largest absolute Gasteiger partial charge is 0.478 e. The molecule has 1 atom stereocenters. The van der Waals surface area contributed by atoms with Crippen LogP contribution in [0.15, 0.2) is 57.7 Å². The topological polar surface area (TPSA) is 88.8 Å². The zero-order valence-electron chi connectivity index (χ0n) is 16.5. The lowest BCUT2D eigenvalue weighted by molar-refractivity contribution is -0.129. The summed E-state index contributed by atoms with van der Waals surface area (Å²) in [6, 6.07) is 14.2. The fourth-order valence-electron chi connectivity index (χ4n) is 2.81. The van der Waals surface area contributed by atoms with Gasteiger partial charge in [0.05, 0.1) is 6.61 Å². The summed E-state index contributed by atoms with van der Waals surface area (Å²) in [6.07, 6.45) is -1.04. The average Bonchev–Trinajstić information content (AvgIpc) is 2.72. The van der Waals surface area contributed by atoms with Crippen molar-refractivity contribution >= 4 is 16.9 Å². The van der Waals surface area contributed by atoms with Crippen LogP contribution in [0.25, 0.3) is 22.1 Å². The summed E-state index contributed by atoms with van der Waals surface area (Å²) in [6.45, 7) is 5.51. The van der Waals surface area contributed by atoms with Gasteiger partial charge in [0, 0.05) is 30.1 Å². The zero-order valence-corrected chi connectivity index (χ0v) is 16.5. The quantitative estimate of drug-likeness (QED) is 0.660. The molecule has 148 valence electrons. The zero-order chi connectivity index (χ0) is 20.7. The molecule has 1 aromatic heterocycles. The summed E-state index contributed by atoms with van der Waals surface area (Å²) in [4.78, 5) is 23.7. The number of rotatable bonds is 5. The van der Waals surface area contributed by atoms with E-state index in [2.05, 4.69) is 5.32 Å². The molecule has 0 bridgehead atoms. The van der Waals surface area contributed by atoms with E-state index in [1.54, 1.807) is 18.2 Å². The van der Waals surface area contributed by atoms with Gasteiger partial charge >= 0.3 is 5.63 Å². The number of aliphatic hydroxyl groups excluding tert-OH is 1. The number of fused-ring (bicyclic) bond motifs is 1. The predicted molar refractivity (Wildman–Crippen MR) is 110 cm³/mol. The molecule has 2 N–H and O–H groups in total. The predicted octanol–water partition coefficient (Wildman–Crippen LogP) is 3.28. The van der Waals surface area contributed by atoms with Crippen LogP contribution in [-0.4, -0.2) is 30.8 Å². The molecule has 1 unspecified atom stereocenters. The van der Waals surface area contributed by atoms with Crippen molar-refractivity contribution in [1.29, 1.82) is 0 Å². The number of nitrogens with one attached hydrogen (secondary N) is 1. The Hall–Kier alpha value is -3.12. The maximum absolute atomic E-state index is 12.0. The van der Waals surface area contributed by atoms with Crippen LogP contribution in [-0.2, 0) is 4.79 Å². The first kappa shape index (κ1) is 21.2. The van der Waals surface area contributed by atoms with E-state index in [-0.39, 0.29) is 0 Å². The normalized spacial score (nSPS) is 11.3.